The van der Waals surface area contributed by atoms with Crippen LogP contribution in [0.2, 0.25) is 5.02 Å². The zero-order valence-corrected chi connectivity index (χ0v) is 13.0. The molecule has 0 atom stereocenters. The van der Waals surface area contributed by atoms with Gasteiger partial charge in [-0.25, -0.2) is 4.39 Å². The highest BCUT2D eigenvalue weighted by atomic mass is 35.5. The first kappa shape index (κ1) is 16.1. The molecule has 0 saturated heterocycles. The number of fused-ring (bicyclic) bond motifs is 1. The van der Waals surface area contributed by atoms with Gasteiger partial charge in [0.15, 0.2) is 0 Å². The van der Waals surface area contributed by atoms with Crippen LogP contribution in [0.3, 0.4) is 0 Å². The van der Waals surface area contributed by atoms with Crippen LogP contribution in [0.4, 0.5) is 10.1 Å². The van der Waals surface area contributed by atoms with E-state index in [4.69, 9.17) is 17.3 Å². The maximum Gasteiger partial charge on any atom is 0.288 e. The van der Waals surface area contributed by atoms with Crippen molar-refractivity contribution in [2.24, 2.45) is 5.73 Å². The molecule has 0 aliphatic heterocycles. The van der Waals surface area contributed by atoms with E-state index in [0.29, 0.717) is 10.9 Å². The van der Waals surface area contributed by atoms with Crippen molar-refractivity contribution in [3.8, 4) is 0 Å². The first-order valence-corrected chi connectivity index (χ1v) is 7.29. The van der Waals surface area contributed by atoms with E-state index < -0.39 is 22.3 Å². The van der Waals surface area contributed by atoms with Crippen molar-refractivity contribution in [3.05, 3.63) is 74.7 Å². The van der Waals surface area contributed by atoms with Crippen LogP contribution in [0.15, 0.2) is 42.6 Å². The van der Waals surface area contributed by atoms with Gasteiger partial charge in [-0.3, -0.25) is 19.5 Å². The summed E-state index contributed by atoms with van der Waals surface area (Å²) in [5, 5.41) is 11.4. The van der Waals surface area contributed by atoms with Gasteiger partial charge >= 0.3 is 0 Å². The van der Waals surface area contributed by atoms with Crippen molar-refractivity contribution in [2.75, 3.05) is 0 Å². The van der Waals surface area contributed by atoms with Crippen LogP contribution in [0, 0.1) is 15.9 Å². The van der Waals surface area contributed by atoms with Crippen LogP contribution in [-0.4, -0.2) is 15.4 Å². The molecule has 3 rings (SSSR count). The van der Waals surface area contributed by atoms with Crippen molar-refractivity contribution in [2.45, 2.75) is 6.54 Å². The maximum atomic E-state index is 14.2. The molecule has 0 aliphatic rings. The molecule has 1 heterocycles. The molecule has 0 fully saturated rings. The van der Waals surface area contributed by atoms with Crippen LogP contribution in [-0.2, 0) is 6.54 Å². The topological polar surface area (TPSA) is 91.2 Å². The highest BCUT2D eigenvalue weighted by Crippen LogP contribution is 2.28. The highest BCUT2D eigenvalue weighted by Gasteiger charge is 2.21. The molecule has 0 bridgehead atoms. The van der Waals surface area contributed by atoms with Crippen LogP contribution in [0.25, 0.3) is 10.9 Å². The average molecular weight is 348 g/mol. The van der Waals surface area contributed by atoms with Gasteiger partial charge < -0.3 is 5.73 Å². The number of rotatable bonds is 3. The standard InChI is InChI=1S/C16H11ClFN3O3/c17-12-5-4-9(6-14(12)21(23)24)16(22)20-8-10(7-19)11-2-1-3-13(18)15(11)20/h1-6,8H,7,19H2. The summed E-state index contributed by atoms with van der Waals surface area (Å²) in [4.78, 5) is 23.0. The van der Waals surface area contributed by atoms with Gasteiger partial charge in [0, 0.05) is 29.8 Å². The summed E-state index contributed by atoms with van der Waals surface area (Å²) in [6.07, 6.45) is 1.44. The Hall–Kier alpha value is -2.77. The van der Waals surface area contributed by atoms with E-state index in [0.717, 1.165) is 10.6 Å². The second-order valence-corrected chi connectivity index (χ2v) is 5.50. The summed E-state index contributed by atoms with van der Waals surface area (Å²) >= 11 is 5.75. The molecule has 0 unspecified atom stereocenters. The van der Waals surface area contributed by atoms with Crippen LogP contribution in [0.1, 0.15) is 15.9 Å². The lowest BCUT2D eigenvalue weighted by atomic mass is 10.1. The van der Waals surface area contributed by atoms with Gasteiger partial charge in [0.25, 0.3) is 11.6 Å². The fourth-order valence-corrected chi connectivity index (χ4v) is 2.74. The lowest BCUT2D eigenvalue weighted by molar-refractivity contribution is -0.384. The van der Waals surface area contributed by atoms with Crippen molar-refractivity contribution in [3.63, 3.8) is 0 Å². The summed E-state index contributed by atoms with van der Waals surface area (Å²) in [5.41, 5.74) is 5.96. The molecule has 6 nitrogen and oxygen atoms in total. The van der Waals surface area contributed by atoms with Crippen molar-refractivity contribution in [1.29, 1.82) is 0 Å². The van der Waals surface area contributed by atoms with Crippen LogP contribution < -0.4 is 5.73 Å². The van der Waals surface area contributed by atoms with Gasteiger partial charge in [0.05, 0.1) is 10.4 Å². The molecular formula is C16H11ClFN3O3. The van der Waals surface area contributed by atoms with Crippen molar-refractivity contribution in [1.82, 2.24) is 4.57 Å². The molecule has 122 valence electrons. The lowest BCUT2D eigenvalue weighted by Crippen LogP contribution is -2.12. The fraction of sp³-hybridized carbons (Fsp3) is 0.0625. The number of para-hydroxylation sites is 1. The molecule has 8 heteroatoms. The normalized spacial score (nSPS) is 11.0. The van der Waals surface area contributed by atoms with E-state index in [1.807, 2.05) is 0 Å². The number of benzene rings is 2. The number of nitro benzene ring substituents is 1. The molecule has 0 amide bonds. The van der Waals surface area contributed by atoms with E-state index in [1.54, 1.807) is 6.07 Å². The number of nitrogens with zero attached hydrogens (tertiary/aromatic N) is 2. The van der Waals surface area contributed by atoms with Gasteiger partial charge in [-0.15, -0.1) is 0 Å². The number of nitro groups is 1. The second kappa shape index (κ2) is 6.03. The number of halogens is 2. The summed E-state index contributed by atoms with van der Waals surface area (Å²) < 4.78 is 15.3. The Bertz CT molecular complexity index is 984. The Morgan fingerprint density at radius 3 is 2.75 bits per heavy atom. The first-order valence-electron chi connectivity index (χ1n) is 6.91. The monoisotopic (exact) mass is 347 g/mol. The molecule has 0 spiro atoms. The smallest absolute Gasteiger partial charge is 0.288 e. The molecular weight excluding hydrogens is 337 g/mol. The van der Waals surface area contributed by atoms with Gasteiger partial charge in [-0.1, -0.05) is 23.7 Å². The number of hydrogen-bond acceptors (Lipinski definition) is 4. The zero-order chi connectivity index (χ0) is 17.4. The molecule has 24 heavy (non-hydrogen) atoms. The largest absolute Gasteiger partial charge is 0.326 e. The Morgan fingerprint density at radius 1 is 1.33 bits per heavy atom. The van der Waals surface area contributed by atoms with E-state index >= 15 is 0 Å². The molecule has 0 radical (unpaired) electrons. The Kier molecular flexibility index (Phi) is 4.04. The Labute approximate surface area is 140 Å². The predicted octanol–water partition coefficient (Wildman–Crippen LogP) is 3.49. The second-order valence-electron chi connectivity index (χ2n) is 5.09. The zero-order valence-electron chi connectivity index (χ0n) is 12.2. The first-order chi connectivity index (χ1) is 11.4. The molecule has 0 aliphatic carbocycles. The minimum Gasteiger partial charge on any atom is -0.326 e. The van der Waals surface area contributed by atoms with Gasteiger partial charge in [0.2, 0.25) is 0 Å². The van der Waals surface area contributed by atoms with Crippen molar-refractivity contribution < 1.29 is 14.1 Å². The quantitative estimate of drug-likeness (QED) is 0.580. The van der Waals surface area contributed by atoms with E-state index in [2.05, 4.69) is 0 Å². The van der Waals surface area contributed by atoms with Gasteiger partial charge in [-0.2, -0.15) is 0 Å². The maximum absolute atomic E-state index is 14.2. The third-order valence-electron chi connectivity index (χ3n) is 3.69. The van der Waals surface area contributed by atoms with Crippen molar-refractivity contribution >= 4 is 34.1 Å². The van der Waals surface area contributed by atoms with Gasteiger partial charge in [0.1, 0.15) is 10.8 Å². The van der Waals surface area contributed by atoms with Gasteiger partial charge in [-0.05, 0) is 23.8 Å². The number of hydrogen-bond donors (Lipinski definition) is 1. The third-order valence-corrected chi connectivity index (χ3v) is 4.01. The lowest BCUT2D eigenvalue weighted by Gasteiger charge is -2.05. The molecule has 2 aromatic carbocycles. The molecule has 2 N–H and O–H groups in total. The number of aromatic nitrogens is 1. The third kappa shape index (κ3) is 2.53. The molecule has 3 aromatic rings. The summed E-state index contributed by atoms with van der Waals surface area (Å²) in [6, 6.07) is 8.11. The summed E-state index contributed by atoms with van der Waals surface area (Å²) in [6.45, 7) is 0.126. The fourth-order valence-electron chi connectivity index (χ4n) is 2.56. The number of carbonyl (C=O) groups is 1. The minimum absolute atomic E-state index is 0.0230. The molecule has 1 aromatic heterocycles. The minimum atomic E-state index is -0.682. The highest BCUT2D eigenvalue weighted by molar-refractivity contribution is 6.32. The van der Waals surface area contributed by atoms with E-state index in [-0.39, 0.29) is 22.6 Å². The Balaban J connectivity index is 2.20. The van der Waals surface area contributed by atoms with Crippen LogP contribution >= 0.6 is 11.6 Å². The van der Waals surface area contributed by atoms with E-state index in [9.17, 15) is 19.3 Å². The van der Waals surface area contributed by atoms with Crippen LogP contribution in [0.5, 0.6) is 0 Å². The Morgan fingerprint density at radius 2 is 2.08 bits per heavy atom. The molecule has 0 saturated carbocycles. The summed E-state index contributed by atoms with van der Waals surface area (Å²) in [5.74, 6) is -1.19. The number of carbonyl (C=O) groups excluding carboxylic acids is 1. The summed E-state index contributed by atoms with van der Waals surface area (Å²) in [7, 11) is 0. The number of nitrogens with two attached hydrogens (primary N) is 1. The average Bonchev–Trinajstić information content (AvgIpc) is 2.94. The van der Waals surface area contributed by atoms with E-state index in [1.165, 1.54) is 30.5 Å². The predicted molar refractivity (Wildman–Crippen MR) is 87.6 cm³/mol. The SMILES string of the molecule is NCc1cn(C(=O)c2ccc(Cl)c([N+](=O)[O-])c2)c2c(F)cccc12.